The number of aliphatic carboxylic acids is 1. The molecule has 0 unspecified atom stereocenters. The van der Waals surface area contributed by atoms with Gasteiger partial charge in [-0.3, -0.25) is 4.79 Å². The van der Waals surface area contributed by atoms with Gasteiger partial charge in [-0.1, -0.05) is 13.8 Å². The molecular weight excluding hydrogens is 301 g/mol. The Hall–Kier alpha value is -1.47. The van der Waals surface area contributed by atoms with E-state index < -0.39 is 43.1 Å². The van der Waals surface area contributed by atoms with Crippen molar-refractivity contribution in [2.24, 2.45) is 23.2 Å². The molecule has 2 atom stereocenters. The summed E-state index contributed by atoms with van der Waals surface area (Å²) < 4.78 is 38.6. The molecule has 2 fully saturated rings. The van der Waals surface area contributed by atoms with Crippen molar-refractivity contribution >= 4 is 12.0 Å². The lowest BCUT2D eigenvalue weighted by Crippen LogP contribution is -2.42. The molecule has 0 radical (unpaired) electrons. The first-order valence-corrected chi connectivity index (χ1v) is 7.39. The molecule has 0 spiro atoms. The quantitative estimate of drug-likeness (QED) is 0.834. The minimum atomic E-state index is -4.62. The number of carboxylic acid groups (broad SMARTS) is 1. The highest BCUT2D eigenvalue weighted by Gasteiger charge is 2.54. The van der Waals surface area contributed by atoms with E-state index >= 15 is 0 Å². The third-order valence-corrected chi connectivity index (χ3v) is 5.05. The predicted octanol–water partition coefficient (Wildman–Crippen LogP) is 2.33. The van der Waals surface area contributed by atoms with E-state index in [1.807, 2.05) is 0 Å². The topological polar surface area (TPSA) is 69.6 Å². The number of nitrogens with zero attached hydrogens (tertiary/aromatic N) is 1. The standard InChI is InChI=1S/C14H21F3N2O3/c1-8(2)13(3-4-13)7-18-12(22)19-5-9(11(20)21)10(6-19)14(15,16)17/h8-10H,3-7H2,1-2H3,(H,18,22)(H,20,21)/t9-,10-/m1/s1. The second-order valence-corrected chi connectivity index (χ2v) is 6.67. The van der Waals surface area contributed by atoms with E-state index in [0.29, 0.717) is 12.5 Å². The highest BCUT2D eigenvalue weighted by atomic mass is 19.4. The summed E-state index contributed by atoms with van der Waals surface area (Å²) in [4.78, 5) is 24.0. The summed E-state index contributed by atoms with van der Waals surface area (Å²) in [6.45, 7) is 3.53. The summed E-state index contributed by atoms with van der Waals surface area (Å²) in [5, 5.41) is 11.6. The Balaban J connectivity index is 1.95. The van der Waals surface area contributed by atoms with Crippen molar-refractivity contribution in [3.8, 4) is 0 Å². The molecule has 0 aromatic carbocycles. The molecule has 0 aromatic heterocycles. The smallest absolute Gasteiger partial charge is 0.394 e. The lowest BCUT2D eigenvalue weighted by atomic mass is 9.92. The number of halogens is 3. The molecule has 1 heterocycles. The maximum Gasteiger partial charge on any atom is 0.394 e. The van der Waals surface area contributed by atoms with Gasteiger partial charge in [-0.2, -0.15) is 13.2 Å². The summed E-state index contributed by atoms with van der Waals surface area (Å²) >= 11 is 0. The van der Waals surface area contributed by atoms with Crippen LogP contribution in [0.25, 0.3) is 0 Å². The number of carboxylic acids is 1. The summed E-state index contributed by atoms with van der Waals surface area (Å²) in [6, 6.07) is -0.607. The van der Waals surface area contributed by atoms with Crippen LogP contribution in [0, 0.1) is 23.2 Å². The van der Waals surface area contributed by atoms with Gasteiger partial charge in [0.25, 0.3) is 0 Å². The van der Waals surface area contributed by atoms with Crippen molar-refractivity contribution in [2.45, 2.75) is 32.9 Å². The zero-order valence-corrected chi connectivity index (χ0v) is 12.6. The SMILES string of the molecule is CC(C)C1(CNC(=O)N2C[C@@H](C(F)(F)F)[C@H](C(=O)O)C2)CC1. The van der Waals surface area contributed by atoms with Gasteiger partial charge in [0.2, 0.25) is 0 Å². The van der Waals surface area contributed by atoms with Crippen LogP contribution in [0.2, 0.25) is 0 Å². The van der Waals surface area contributed by atoms with E-state index in [2.05, 4.69) is 19.2 Å². The predicted molar refractivity (Wildman–Crippen MR) is 72.1 cm³/mol. The van der Waals surface area contributed by atoms with E-state index in [-0.39, 0.29) is 5.41 Å². The Morgan fingerprint density at radius 1 is 1.32 bits per heavy atom. The number of urea groups is 1. The first kappa shape index (κ1) is 16.9. The third kappa shape index (κ3) is 3.30. The lowest BCUT2D eigenvalue weighted by Gasteiger charge is -2.23. The lowest BCUT2D eigenvalue weighted by molar-refractivity contribution is -0.187. The van der Waals surface area contributed by atoms with Gasteiger partial charge in [0.05, 0.1) is 11.8 Å². The van der Waals surface area contributed by atoms with Crippen LogP contribution >= 0.6 is 0 Å². The van der Waals surface area contributed by atoms with Crippen LogP contribution in [0.3, 0.4) is 0 Å². The molecule has 1 saturated carbocycles. The largest absolute Gasteiger partial charge is 0.481 e. The maximum absolute atomic E-state index is 12.9. The number of rotatable bonds is 4. The fraction of sp³-hybridized carbons (Fsp3) is 0.857. The van der Waals surface area contributed by atoms with Crippen molar-refractivity contribution in [3.63, 3.8) is 0 Å². The Bertz CT molecular complexity index is 461. The highest BCUT2D eigenvalue weighted by molar-refractivity contribution is 5.77. The average Bonchev–Trinajstić information content (AvgIpc) is 3.04. The van der Waals surface area contributed by atoms with E-state index in [0.717, 1.165) is 17.7 Å². The molecule has 0 aromatic rings. The molecule has 22 heavy (non-hydrogen) atoms. The van der Waals surface area contributed by atoms with E-state index in [4.69, 9.17) is 5.11 Å². The Labute approximate surface area is 126 Å². The van der Waals surface area contributed by atoms with Gasteiger partial charge in [-0.15, -0.1) is 0 Å². The summed E-state index contributed by atoms with van der Waals surface area (Å²) in [7, 11) is 0. The zero-order valence-electron chi connectivity index (χ0n) is 12.6. The average molecular weight is 322 g/mol. The zero-order chi connectivity index (χ0) is 16.7. The first-order chi connectivity index (χ1) is 10.1. The molecule has 1 aliphatic carbocycles. The Morgan fingerprint density at radius 2 is 1.91 bits per heavy atom. The minimum Gasteiger partial charge on any atom is -0.481 e. The van der Waals surface area contributed by atoms with Crippen molar-refractivity contribution in [1.29, 1.82) is 0 Å². The molecule has 1 saturated heterocycles. The van der Waals surface area contributed by atoms with Crippen LogP contribution in [-0.4, -0.2) is 47.8 Å². The van der Waals surface area contributed by atoms with Gasteiger partial charge in [0.15, 0.2) is 0 Å². The summed E-state index contributed by atoms with van der Waals surface area (Å²) in [6.07, 6.45) is -2.63. The second kappa shape index (κ2) is 5.62. The number of carbonyl (C=O) groups excluding carboxylic acids is 1. The number of nitrogens with one attached hydrogen (secondary N) is 1. The number of carbonyl (C=O) groups is 2. The van der Waals surface area contributed by atoms with E-state index in [1.54, 1.807) is 0 Å². The van der Waals surface area contributed by atoms with Crippen LogP contribution in [0.5, 0.6) is 0 Å². The maximum atomic E-state index is 12.9. The second-order valence-electron chi connectivity index (χ2n) is 6.67. The van der Waals surface area contributed by atoms with E-state index in [9.17, 15) is 22.8 Å². The van der Waals surface area contributed by atoms with Crippen LogP contribution < -0.4 is 5.32 Å². The molecule has 2 aliphatic rings. The summed E-state index contributed by atoms with van der Waals surface area (Å²) in [5.41, 5.74) is 0.0466. The molecule has 1 aliphatic heterocycles. The fourth-order valence-corrected chi connectivity index (χ4v) is 3.03. The number of alkyl halides is 3. The van der Waals surface area contributed by atoms with Gasteiger partial charge >= 0.3 is 18.2 Å². The normalized spacial score (nSPS) is 27.1. The molecular formula is C14H21F3N2O3. The van der Waals surface area contributed by atoms with Crippen molar-refractivity contribution in [1.82, 2.24) is 10.2 Å². The van der Waals surface area contributed by atoms with E-state index in [1.165, 1.54) is 0 Å². The van der Waals surface area contributed by atoms with Crippen LogP contribution in [-0.2, 0) is 4.79 Å². The van der Waals surface area contributed by atoms with Gasteiger partial charge < -0.3 is 15.3 Å². The van der Waals surface area contributed by atoms with Crippen LogP contribution in [0.1, 0.15) is 26.7 Å². The van der Waals surface area contributed by atoms with Gasteiger partial charge in [-0.05, 0) is 24.2 Å². The fourth-order valence-electron chi connectivity index (χ4n) is 3.03. The van der Waals surface area contributed by atoms with Gasteiger partial charge in [-0.25, -0.2) is 4.79 Å². The van der Waals surface area contributed by atoms with Crippen molar-refractivity contribution in [2.75, 3.05) is 19.6 Å². The van der Waals surface area contributed by atoms with Crippen LogP contribution in [0.4, 0.5) is 18.0 Å². The molecule has 2 rings (SSSR count). The van der Waals surface area contributed by atoms with Crippen molar-refractivity contribution < 1.29 is 27.9 Å². The minimum absolute atomic E-state index is 0.0466. The number of hydrogen-bond donors (Lipinski definition) is 2. The molecule has 2 N–H and O–H groups in total. The number of hydrogen-bond acceptors (Lipinski definition) is 2. The van der Waals surface area contributed by atoms with Crippen LogP contribution in [0.15, 0.2) is 0 Å². The molecule has 2 amide bonds. The highest BCUT2D eigenvalue weighted by Crippen LogP contribution is 2.51. The number of amides is 2. The van der Waals surface area contributed by atoms with Gasteiger partial charge in [0, 0.05) is 19.6 Å². The molecule has 0 bridgehead atoms. The van der Waals surface area contributed by atoms with Crippen molar-refractivity contribution in [3.05, 3.63) is 0 Å². The Morgan fingerprint density at radius 3 is 2.27 bits per heavy atom. The molecule has 5 nitrogen and oxygen atoms in total. The molecule has 126 valence electrons. The monoisotopic (exact) mass is 322 g/mol. The van der Waals surface area contributed by atoms with Gasteiger partial charge in [0.1, 0.15) is 0 Å². The third-order valence-electron chi connectivity index (χ3n) is 5.05. The first-order valence-electron chi connectivity index (χ1n) is 7.39. The molecule has 8 heteroatoms. The number of likely N-dealkylation sites (tertiary alicyclic amines) is 1. The Kier molecular flexibility index (Phi) is 4.32. The summed E-state index contributed by atoms with van der Waals surface area (Å²) in [5.74, 6) is -4.72.